The number of carbonyl (C=O) groups excluding carboxylic acids is 3. The number of pyridine rings is 1. The van der Waals surface area contributed by atoms with Gasteiger partial charge in [-0.05, 0) is 55.0 Å². The molecule has 1 spiro atoms. The van der Waals surface area contributed by atoms with Gasteiger partial charge in [-0.2, -0.15) is 0 Å². The fourth-order valence-corrected chi connectivity index (χ4v) is 5.16. The minimum Gasteiger partial charge on any atom is -0.353 e. The summed E-state index contributed by atoms with van der Waals surface area (Å²) in [6, 6.07) is 15.6. The summed E-state index contributed by atoms with van der Waals surface area (Å²) in [6.45, 7) is 2.86. The Morgan fingerprint density at radius 2 is 1.68 bits per heavy atom. The molecule has 1 atom stereocenters. The molecule has 3 amide bonds. The average Bonchev–Trinajstić information content (AvgIpc) is 3.30. The number of halogens is 1. The van der Waals surface area contributed by atoms with Gasteiger partial charge in [0.15, 0.2) is 0 Å². The fraction of sp³-hybridized carbons (Fsp3) is 0.310. The zero-order valence-electron chi connectivity index (χ0n) is 21.1. The number of hydrogen-bond acceptors (Lipinski definition) is 5. The van der Waals surface area contributed by atoms with Gasteiger partial charge < -0.3 is 15.0 Å². The van der Waals surface area contributed by atoms with Crippen molar-refractivity contribution < 1.29 is 23.5 Å². The van der Waals surface area contributed by atoms with Gasteiger partial charge in [-0.25, -0.2) is 4.39 Å². The van der Waals surface area contributed by atoms with Gasteiger partial charge in [0.05, 0.1) is 6.61 Å². The summed E-state index contributed by atoms with van der Waals surface area (Å²) in [5.41, 5.74) is 1.54. The Morgan fingerprint density at radius 3 is 2.37 bits per heavy atom. The third-order valence-electron chi connectivity index (χ3n) is 7.17. The van der Waals surface area contributed by atoms with Crippen LogP contribution in [0.4, 0.5) is 4.39 Å². The van der Waals surface area contributed by atoms with E-state index < -0.39 is 17.6 Å². The normalized spacial score (nSPS) is 18.4. The number of likely N-dealkylation sites (tertiary alicyclic amines) is 1. The van der Waals surface area contributed by atoms with Crippen molar-refractivity contribution in [3.8, 4) is 0 Å². The molecule has 8 nitrogen and oxygen atoms in total. The standard InChI is InChI=1S/C29H29FN4O4/c1-20-4-2-5-22(16-20)28(37)34-25(26(35)32-18-21-8-12-31-13-9-21)19-38-29(34)10-14-33(15-11-29)27(36)23-6-3-7-24(30)17-23/h2-9,12-13,16-17,25H,10-11,14-15,18-19H2,1H3,(H,32,35). The maximum atomic E-state index is 13.9. The first-order valence-corrected chi connectivity index (χ1v) is 12.6. The molecule has 1 aromatic heterocycles. The highest BCUT2D eigenvalue weighted by molar-refractivity contribution is 5.99. The maximum Gasteiger partial charge on any atom is 0.256 e. The predicted octanol–water partition coefficient (Wildman–Crippen LogP) is 3.32. The Hall–Kier alpha value is -4.11. The highest BCUT2D eigenvalue weighted by Crippen LogP contribution is 2.39. The predicted molar refractivity (Wildman–Crippen MR) is 137 cm³/mol. The smallest absolute Gasteiger partial charge is 0.256 e. The summed E-state index contributed by atoms with van der Waals surface area (Å²) in [7, 11) is 0. The van der Waals surface area contributed by atoms with Crippen LogP contribution in [0.15, 0.2) is 73.1 Å². The van der Waals surface area contributed by atoms with Crippen LogP contribution in [0.2, 0.25) is 0 Å². The topological polar surface area (TPSA) is 91.8 Å². The first kappa shape index (κ1) is 25.5. The maximum absolute atomic E-state index is 13.9. The van der Waals surface area contributed by atoms with E-state index in [9.17, 15) is 18.8 Å². The Bertz CT molecular complexity index is 1340. The third-order valence-corrected chi connectivity index (χ3v) is 7.17. The van der Waals surface area contributed by atoms with Crippen LogP contribution in [0.1, 0.15) is 44.7 Å². The lowest BCUT2D eigenvalue weighted by atomic mass is 9.95. The quantitative estimate of drug-likeness (QED) is 0.562. The van der Waals surface area contributed by atoms with E-state index in [0.717, 1.165) is 11.1 Å². The lowest BCUT2D eigenvalue weighted by Crippen LogP contribution is -2.59. The third kappa shape index (κ3) is 5.15. The molecule has 38 heavy (non-hydrogen) atoms. The number of rotatable bonds is 5. The molecule has 196 valence electrons. The molecule has 0 radical (unpaired) electrons. The molecule has 3 aromatic rings. The zero-order valence-corrected chi connectivity index (χ0v) is 21.1. The number of nitrogens with zero attached hydrogens (tertiary/aromatic N) is 3. The molecule has 1 N–H and O–H groups in total. The number of nitrogens with one attached hydrogen (secondary N) is 1. The fourth-order valence-electron chi connectivity index (χ4n) is 5.16. The lowest BCUT2D eigenvalue weighted by molar-refractivity contribution is -0.128. The van der Waals surface area contributed by atoms with Crippen LogP contribution in [-0.4, -0.2) is 64.0 Å². The van der Waals surface area contributed by atoms with Gasteiger partial charge in [0.25, 0.3) is 11.8 Å². The first-order valence-electron chi connectivity index (χ1n) is 12.6. The summed E-state index contributed by atoms with van der Waals surface area (Å²) in [5.74, 6) is -1.35. The second kappa shape index (κ2) is 10.7. The van der Waals surface area contributed by atoms with Crippen LogP contribution in [0.5, 0.6) is 0 Å². The zero-order chi connectivity index (χ0) is 26.7. The van der Waals surface area contributed by atoms with Crippen molar-refractivity contribution in [1.82, 2.24) is 20.1 Å². The molecule has 2 aromatic carbocycles. The summed E-state index contributed by atoms with van der Waals surface area (Å²) >= 11 is 0. The summed E-state index contributed by atoms with van der Waals surface area (Å²) in [4.78, 5) is 47.4. The van der Waals surface area contributed by atoms with Crippen LogP contribution < -0.4 is 5.32 Å². The van der Waals surface area contributed by atoms with Crippen molar-refractivity contribution in [2.24, 2.45) is 0 Å². The molecule has 0 saturated carbocycles. The van der Waals surface area contributed by atoms with Crippen molar-refractivity contribution in [2.75, 3.05) is 19.7 Å². The molecule has 3 heterocycles. The number of hydrogen-bond donors (Lipinski definition) is 1. The van der Waals surface area contributed by atoms with Crippen LogP contribution >= 0.6 is 0 Å². The first-order chi connectivity index (χ1) is 18.4. The second-order valence-electron chi connectivity index (χ2n) is 9.69. The Labute approximate surface area is 220 Å². The SMILES string of the molecule is Cc1cccc(C(=O)N2C(C(=O)NCc3ccncc3)COC23CCN(C(=O)c2cccc(F)c2)CC3)c1. The largest absolute Gasteiger partial charge is 0.353 e. The minimum atomic E-state index is -1.03. The number of aromatic nitrogens is 1. The van der Waals surface area contributed by atoms with Gasteiger partial charge in [-0.3, -0.25) is 24.3 Å². The van der Waals surface area contributed by atoms with E-state index in [-0.39, 0.29) is 29.9 Å². The molecule has 2 aliphatic heterocycles. The molecular weight excluding hydrogens is 487 g/mol. The van der Waals surface area contributed by atoms with Crippen molar-refractivity contribution >= 4 is 17.7 Å². The van der Waals surface area contributed by atoms with Crippen molar-refractivity contribution in [3.63, 3.8) is 0 Å². The lowest BCUT2D eigenvalue weighted by Gasteiger charge is -2.44. The summed E-state index contributed by atoms with van der Waals surface area (Å²) in [5, 5.41) is 2.92. The van der Waals surface area contributed by atoms with Crippen molar-refractivity contribution in [1.29, 1.82) is 0 Å². The van der Waals surface area contributed by atoms with Gasteiger partial charge in [-0.1, -0.05) is 23.8 Å². The minimum absolute atomic E-state index is 0.0532. The van der Waals surface area contributed by atoms with Crippen LogP contribution in [0.25, 0.3) is 0 Å². The molecule has 2 saturated heterocycles. The van der Waals surface area contributed by atoms with E-state index in [0.29, 0.717) is 38.0 Å². The van der Waals surface area contributed by atoms with Gasteiger partial charge in [-0.15, -0.1) is 0 Å². The number of carbonyl (C=O) groups is 3. The molecule has 0 bridgehead atoms. The van der Waals surface area contributed by atoms with Gasteiger partial charge in [0.1, 0.15) is 17.6 Å². The number of aryl methyl sites for hydroxylation is 1. The molecule has 2 fully saturated rings. The molecule has 2 aliphatic rings. The Kier molecular flexibility index (Phi) is 7.20. The number of benzene rings is 2. The second-order valence-corrected chi connectivity index (χ2v) is 9.69. The molecule has 5 rings (SSSR count). The van der Waals surface area contributed by atoms with Gasteiger partial charge in [0, 0.05) is 56.0 Å². The van der Waals surface area contributed by atoms with E-state index in [1.807, 2.05) is 31.2 Å². The van der Waals surface area contributed by atoms with E-state index in [4.69, 9.17) is 4.74 Å². The van der Waals surface area contributed by atoms with Gasteiger partial charge >= 0.3 is 0 Å². The average molecular weight is 517 g/mol. The number of ether oxygens (including phenoxy) is 1. The van der Waals surface area contributed by atoms with Crippen molar-refractivity contribution in [3.05, 3.63) is 101 Å². The molecule has 9 heteroatoms. The number of piperidine rings is 1. The molecule has 1 unspecified atom stereocenters. The van der Waals surface area contributed by atoms with Crippen molar-refractivity contribution in [2.45, 2.75) is 38.1 Å². The van der Waals surface area contributed by atoms with Crippen LogP contribution in [0, 0.1) is 12.7 Å². The summed E-state index contributed by atoms with van der Waals surface area (Å²) in [6.07, 6.45) is 3.97. The monoisotopic (exact) mass is 516 g/mol. The summed E-state index contributed by atoms with van der Waals surface area (Å²) < 4.78 is 19.9. The van der Waals surface area contributed by atoms with Crippen LogP contribution in [0.3, 0.4) is 0 Å². The van der Waals surface area contributed by atoms with E-state index in [1.54, 1.807) is 40.4 Å². The number of amides is 3. The highest BCUT2D eigenvalue weighted by Gasteiger charge is 2.54. The molecule has 0 aliphatic carbocycles. The van der Waals surface area contributed by atoms with E-state index >= 15 is 0 Å². The molecular formula is C29H29FN4O4. The van der Waals surface area contributed by atoms with Gasteiger partial charge in [0.2, 0.25) is 5.91 Å². The van der Waals surface area contributed by atoms with E-state index in [2.05, 4.69) is 10.3 Å². The highest BCUT2D eigenvalue weighted by atomic mass is 19.1. The van der Waals surface area contributed by atoms with Crippen LogP contribution in [-0.2, 0) is 16.1 Å². The Morgan fingerprint density at radius 1 is 1.00 bits per heavy atom. The van der Waals surface area contributed by atoms with E-state index in [1.165, 1.54) is 18.2 Å². The Balaban J connectivity index is 1.37.